The third kappa shape index (κ3) is 4.65. The molecule has 0 radical (unpaired) electrons. The third-order valence-corrected chi connectivity index (χ3v) is 5.26. The number of hydrogen-bond donors (Lipinski definition) is 2. The van der Waals surface area contributed by atoms with E-state index in [1.807, 2.05) is 42.5 Å². The highest BCUT2D eigenvalue weighted by molar-refractivity contribution is 5.91. The van der Waals surface area contributed by atoms with Crippen molar-refractivity contribution in [2.24, 2.45) is 5.92 Å². The summed E-state index contributed by atoms with van der Waals surface area (Å²) in [6.45, 7) is 0.835. The molecule has 0 bridgehead atoms. The smallest absolute Gasteiger partial charge is 0.482 e. The Hall–Kier alpha value is -2.73. The van der Waals surface area contributed by atoms with E-state index in [-0.39, 0.29) is 11.7 Å². The van der Waals surface area contributed by atoms with Gasteiger partial charge in [0.15, 0.2) is 0 Å². The van der Waals surface area contributed by atoms with Gasteiger partial charge in [0.1, 0.15) is 5.75 Å². The van der Waals surface area contributed by atoms with Crippen LogP contribution >= 0.6 is 0 Å². The highest BCUT2D eigenvalue weighted by Gasteiger charge is 2.28. The number of anilines is 1. The fourth-order valence-electron chi connectivity index (χ4n) is 3.70. The van der Waals surface area contributed by atoms with Gasteiger partial charge in [-0.05, 0) is 60.0 Å². The SMILES string of the molecule is COc1ccc(C(NCC2CC2)c2cccc(NC(F)(F)F)c2)c2ccccc12. The highest BCUT2D eigenvalue weighted by Crippen LogP contribution is 2.36. The van der Waals surface area contributed by atoms with Gasteiger partial charge < -0.3 is 10.1 Å². The standard InChI is InChI=1S/C23H23F3N2O/c1-29-21-12-11-20(18-7-2-3-8-19(18)21)22(27-14-15-9-10-15)16-5-4-6-17(13-16)28-23(24,25)26/h2-8,11-13,15,22,27-28H,9-10,14H2,1H3. The number of halogens is 3. The van der Waals surface area contributed by atoms with Crippen LogP contribution in [0.5, 0.6) is 5.75 Å². The average Bonchev–Trinajstić information content (AvgIpc) is 3.51. The topological polar surface area (TPSA) is 33.3 Å². The summed E-state index contributed by atoms with van der Waals surface area (Å²) in [5.41, 5.74) is 1.84. The van der Waals surface area contributed by atoms with Crippen LogP contribution in [-0.4, -0.2) is 20.0 Å². The van der Waals surface area contributed by atoms with E-state index in [2.05, 4.69) is 5.32 Å². The second-order valence-corrected chi connectivity index (χ2v) is 7.44. The lowest BCUT2D eigenvalue weighted by Gasteiger charge is -2.23. The summed E-state index contributed by atoms with van der Waals surface area (Å²) in [6.07, 6.45) is -2.08. The van der Waals surface area contributed by atoms with Gasteiger partial charge in [-0.15, -0.1) is 0 Å². The van der Waals surface area contributed by atoms with Crippen LogP contribution in [0.2, 0.25) is 0 Å². The molecule has 29 heavy (non-hydrogen) atoms. The van der Waals surface area contributed by atoms with Crippen molar-refractivity contribution < 1.29 is 17.9 Å². The number of alkyl halides is 3. The summed E-state index contributed by atoms with van der Waals surface area (Å²) < 4.78 is 43.9. The fourth-order valence-corrected chi connectivity index (χ4v) is 3.70. The van der Waals surface area contributed by atoms with E-state index in [9.17, 15) is 13.2 Å². The maximum atomic E-state index is 12.8. The first kappa shape index (κ1) is 19.6. The molecule has 6 heteroatoms. The largest absolute Gasteiger partial charge is 0.496 e. The van der Waals surface area contributed by atoms with Gasteiger partial charge in [-0.2, -0.15) is 13.2 Å². The molecule has 0 heterocycles. The van der Waals surface area contributed by atoms with E-state index < -0.39 is 6.30 Å². The molecule has 3 aromatic carbocycles. The maximum absolute atomic E-state index is 12.8. The molecule has 1 fully saturated rings. The Balaban J connectivity index is 1.77. The van der Waals surface area contributed by atoms with Crippen molar-refractivity contribution in [3.8, 4) is 5.75 Å². The Morgan fingerprint density at radius 2 is 1.76 bits per heavy atom. The summed E-state index contributed by atoms with van der Waals surface area (Å²) in [5.74, 6) is 1.41. The zero-order valence-electron chi connectivity index (χ0n) is 16.1. The lowest BCUT2D eigenvalue weighted by molar-refractivity contribution is -0.0999. The van der Waals surface area contributed by atoms with Gasteiger partial charge in [0.05, 0.1) is 13.2 Å². The van der Waals surface area contributed by atoms with Gasteiger partial charge in [-0.1, -0.05) is 42.5 Å². The Kier molecular flexibility index (Phi) is 5.37. The minimum atomic E-state index is -4.47. The summed E-state index contributed by atoms with van der Waals surface area (Å²) in [5, 5.41) is 7.20. The number of nitrogens with one attached hydrogen (secondary N) is 2. The van der Waals surface area contributed by atoms with Gasteiger partial charge in [-0.3, -0.25) is 5.32 Å². The van der Waals surface area contributed by atoms with Crippen molar-refractivity contribution in [2.75, 3.05) is 19.0 Å². The van der Waals surface area contributed by atoms with Gasteiger partial charge in [-0.25, -0.2) is 0 Å². The van der Waals surface area contributed by atoms with E-state index in [1.54, 1.807) is 24.6 Å². The van der Waals surface area contributed by atoms with Gasteiger partial charge in [0.25, 0.3) is 0 Å². The molecule has 0 amide bonds. The van der Waals surface area contributed by atoms with Crippen LogP contribution in [0.25, 0.3) is 10.8 Å². The zero-order valence-corrected chi connectivity index (χ0v) is 16.1. The van der Waals surface area contributed by atoms with E-state index in [1.165, 1.54) is 18.9 Å². The molecule has 152 valence electrons. The number of ether oxygens (including phenoxy) is 1. The van der Waals surface area contributed by atoms with E-state index >= 15 is 0 Å². The van der Waals surface area contributed by atoms with Crippen LogP contribution in [0.4, 0.5) is 18.9 Å². The van der Waals surface area contributed by atoms with Crippen LogP contribution in [0, 0.1) is 5.92 Å². The Labute approximate surface area is 167 Å². The predicted octanol–water partition coefficient (Wildman–Crippen LogP) is 5.87. The molecule has 3 nitrogen and oxygen atoms in total. The van der Waals surface area contributed by atoms with Crippen LogP contribution in [0.1, 0.15) is 30.0 Å². The maximum Gasteiger partial charge on any atom is 0.482 e. The molecule has 1 aliphatic rings. The fraction of sp³-hybridized carbons (Fsp3) is 0.304. The normalized spacial score (nSPS) is 15.3. The Morgan fingerprint density at radius 1 is 1.00 bits per heavy atom. The number of methoxy groups -OCH3 is 1. The first-order valence-electron chi connectivity index (χ1n) is 9.68. The van der Waals surface area contributed by atoms with Gasteiger partial charge in [0.2, 0.25) is 0 Å². The van der Waals surface area contributed by atoms with Crippen molar-refractivity contribution in [2.45, 2.75) is 25.2 Å². The zero-order chi connectivity index (χ0) is 20.4. The Bertz CT molecular complexity index is 999. The number of fused-ring (bicyclic) bond motifs is 1. The molecule has 2 N–H and O–H groups in total. The molecule has 1 aliphatic carbocycles. The minimum absolute atomic E-state index is 0.0334. The van der Waals surface area contributed by atoms with Crippen molar-refractivity contribution in [3.63, 3.8) is 0 Å². The monoisotopic (exact) mass is 400 g/mol. The minimum Gasteiger partial charge on any atom is -0.496 e. The number of rotatable bonds is 7. The Morgan fingerprint density at radius 3 is 2.45 bits per heavy atom. The molecule has 3 aromatic rings. The summed E-state index contributed by atoms with van der Waals surface area (Å²) in [7, 11) is 1.64. The summed E-state index contributed by atoms with van der Waals surface area (Å²) >= 11 is 0. The van der Waals surface area contributed by atoms with Crippen LogP contribution in [-0.2, 0) is 0 Å². The van der Waals surface area contributed by atoms with Crippen molar-refractivity contribution >= 4 is 16.5 Å². The molecule has 1 atom stereocenters. The molecule has 1 unspecified atom stereocenters. The van der Waals surface area contributed by atoms with Crippen LogP contribution < -0.4 is 15.4 Å². The summed E-state index contributed by atoms with van der Waals surface area (Å²) in [6, 6.07) is 18.1. The molecule has 4 rings (SSSR count). The predicted molar refractivity (Wildman–Crippen MR) is 109 cm³/mol. The van der Waals surface area contributed by atoms with Gasteiger partial charge in [0, 0.05) is 11.1 Å². The molecule has 0 saturated heterocycles. The second kappa shape index (κ2) is 7.95. The summed E-state index contributed by atoms with van der Waals surface area (Å²) in [4.78, 5) is 0. The number of benzene rings is 3. The van der Waals surface area contributed by atoms with E-state index in [0.29, 0.717) is 5.92 Å². The van der Waals surface area contributed by atoms with Crippen molar-refractivity contribution in [3.05, 3.63) is 71.8 Å². The van der Waals surface area contributed by atoms with E-state index in [0.717, 1.165) is 34.2 Å². The van der Waals surface area contributed by atoms with Gasteiger partial charge >= 0.3 is 6.30 Å². The molecule has 0 aromatic heterocycles. The lowest BCUT2D eigenvalue weighted by atomic mass is 9.92. The number of hydrogen-bond acceptors (Lipinski definition) is 3. The molecule has 1 saturated carbocycles. The highest BCUT2D eigenvalue weighted by atomic mass is 19.4. The molecular formula is C23H23F3N2O. The molecule has 0 spiro atoms. The third-order valence-electron chi connectivity index (χ3n) is 5.26. The second-order valence-electron chi connectivity index (χ2n) is 7.44. The first-order chi connectivity index (χ1) is 13.9. The lowest BCUT2D eigenvalue weighted by Crippen LogP contribution is -2.25. The average molecular weight is 400 g/mol. The quantitative estimate of drug-likeness (QED) is 0.487. The molecule has 0 aliphatic heterocycles. The van der Waals surface area contributed by atoms with Crippen LogP contribution in [0.15, 0.2) is 60.7 Å². The van der Waals surface area contributed by atoms with Crippen molar-refractivity contribution in [1.29, 1.82) is 0 Å². The van der Waals surface area contributed by atoms with Crippen molar-refractivity contribution in [1.82, 2.24) is 5.32 Å². The van der Waals surface area contributed by atoms with Crippen LogP contribution in [0.3, 0.4) is 0 Å². The molecular weight excluding hydrogens is 377 g/mol. The van der Waals surface area contributed by atoms with E-state index in [4.69, 9.17) is 4.74 Å². The first-order valence-corrected chi connectivity index (χ1v) is 9.68.